The normalized spacial score (nSPS) is 9.75. The first kappa shape index (κ1) is 14.7. The number of hydrogen-bond donors (Lipinski definition) is 4. The number of nitrogens with one attached hydrogen (secondary N) is 4. The fourth-order valence-corrected chi connectivity index (χ4v) is 1.11. The van der Waals surface area contributed by atoms with E-state index in [2.05, 4.69) is 48.3 Å². The van der Waals surface area contributed by atoms with E-state index in [-0.39, 0.29) is 0 Å². The van der Waals surface area contributed by atoms with E-state index < -0.39 is 0 Å². The highest BCUT2D eigenvalue weighted by molar-refractivity contribution is 4.91. The Labute approximate surface area is 99.6 Å². The topological polar surface area (TPSA) is 48.1 Å². The summed E-state index contributed by atoms with van der Waals surface area (Å²) < 4.78 is 0. The molecule has 0 amide bonds. The van der Waals surface area contributed by atoms with Gasteiger partial charge in [0.15, 0.2) is 0 Å². The van der Waals surface area contributed by atoms with Crippen molar-refractivity contribution < 1.29 is 0 Å². The minimum Gasteiger partial charge on any atom is -0.373 e. The first-order valence-electron chi connectivity index (χ1n) is 5.89. The van der Waals surface area contributed by atoms with Crippen LogP contribution in [0.15, 0.2) is 24.8 Å². The summed E-state index contributed by atoms with van der Waals surface area (Å²) in [5.74, 6) is 2.38. The molecule has 0 fully saturated rings. The molecule has 0 aromatic rings. The Kier molecular flexibility index (Phi) is 8.21. The van der Waals surface area contributed by atoms with Crippen molar-refractivity contribution in [2.24, 2.45) is 5.92 Å². The van der Waals surface area contributed by atoms with E-state index in [1.165, 1.54) is 0 Å². The van der Waals surface area contributed by atoms with Gasteiger partial charge in [-0.05, 0) is 19.3 Å². The first-order valence-corrected chi connectivity index (χ1v) is 5.89. The molecular weight excluding hydrogens is 200 g/mol. The first-order chi connectivity index (χ1) is 7.56. The van der Waals surface area contributed by atoms with Gasteiger partial charge in [0.25, 0.3) is 0 Å². The van der Waals surface area contributed by atoms with Gasteiger partial charge in [0, 0.05) is 13.1 Å². The molecule has 0 aliphatic carbocycles. The van der Waals surface area contributed by atoms with Crippen molar-refractivity contribution >= 4 is 0 Å². The van der Waals surface area contributed by atoms with Crippen LogP contribution in [0, 0.1) is 5.92 Å². The molecule has 0 aromatic carbocycles. The lowest BCUT2D eigenvalue weighted by molar-refractivity contribution is 0.543. The molecule has 94 valence electrons. The molecule has 0 aliphatic rings. The molecule has 4 heteroatoms. The summed E-state index contributed by atoms with van der Waals surface area (Å²) in [6.07, 6.45) is 1.15. The van der Waals surface area contributed by atoms with Crippen molar-refractivity contribution in [2.75, 3.05) is 19.8 Å². The molecule has 0 spiro atoms. The van der Waals surface area contributed by atoms with E-state index in [9.17, 15) is 0 Å². The SMILES string of the molecule is C=C(NCC)NCNC(=C)NCCC(C)C. The van der Waals surface area contributed by atoms with Gasteiger partial charge in [-0.15, -0.1) is 0 Å². The van der Waals surface area contributed by atoms with Crippen LogP contribution < -0.4 is 21.3 Å². The third kappa shape index (κ3) is 9.24. The van der Waals surface area contributed by atoms with Crippen molar-refractivity contribution in [1.82, 2.24) is 21.3 Å². The zero-order valence-corrected chi connectivity index (χ0v) is 10.8. The Morgan fingerprint density at radius 2 is 1.56 bits per heavy atom. The maximum absolute atomic E-state index is 3.88. The van der Waals surface area contributed by atoms with Crippen molar-refractivity contribution in [3.8, 4) is 0 Å². The molecule has 0 saturated heterocycles. The quantitative estimate of drug-likeness (QED) is 0.424. The molecule has 0 unspecified atom stereocenters. The maximum Gasteiger partial charge on any atom is 0.0926 e. The van der Waals surface area contributed by atoms with Gasteiger partial charge in [0.1, 0.15) is 0 Å². The van der Waals surface area contributed by atoms with Gasteiger partial charge < -0.3 is 21.3 Å². The summed E-state index contributed by atoms with van der Waals surface area (Å²) in [6, 6.07) is 0. The van der Waals surface area contributed by atoms with Crippen LogP contribution in [-0.4, -0.2) is 19.8 Å². The Morgan fingerprint density at radius 1 is 1.00 bits per heavy atom. The second-order valence-corrected chi connectivity index (χ2v) is 4.13. The number of hydrogen-bond acceptors (Lipinski definition) is 4. The predicted molar refractivity (Wildman–Crippen MR) is 70.6 cm³/mol. The van der Waals surface area contributed by atoms with Gasteiger partial charge in [-0.25, -0.2) is 0 Å². The summed E-state index contributed by atoms with van der Waals surface area (Å²) in [4.78, 5) is 0. The van der Waals surface area contributed by atoms with Crippen LogP contribution in [0.2, 0.25) is 0 Å². The van der Waals surface area contributed by atoms with Crippen LogP contribution >= 0.6 is 0 Å². The standard InChI is InChI=1S/C12H26N4/c1-6-13-11(4)15-9-16-12(5)14-8-7-10(2)3/h10,13-16H,4-9H2,1-3H3. The number of rotatable bonds is 10. The average molecular weight is 226 g/mol. The molecule has 0 heterocycles. The molecule has 0 saturated carbocycles. The monoisotopic (exact) mass is 226 g/mol. The summed E-state index contributed by atoms with van der Waals surface area (Å²) in [6.45, 7) is 16.6. The Bertz CT molecular complexity index is 211. The summed E-state index contributed by atoms with van der Waals surface area (Å²) in [7, 11) is 0. The molecule has 0 atom stereocenters. The van der Waals surface area contributed by atoms with E-state index in [0.717, 1.165) is 31.2 Å². The van der Waals surface area contributed by atoms with Crippen LogP contribution in [0.1, 0.15) is 27.2 Å². The Balaban J connectivity index is 3.40. The third-order valence-corrected chi connectivity index (χ3v) is 2.05. The Morgan fingerprint density at radius 3 is 2.06 bits per heavy atom. The predicted octanol–water partition coefficient (Wildman–Crippen LogP) is 1.31. The molecule has 0 radical (unpaired) electrons. The van der Waals surface area contributed by atoms with E-state index in [1.54, 1.807) is 0 Å². The van der Waals surface area contributed by atoms with Crippen LogP contribution in [0.25, 0.3) is 0 Å². The lowest BCUT2D eigenvalue weighted by Crippen LogP contribution is -2.36. The minimum atomic E-state index is 0.624. The highest BCUT2D eigenvalue weighted by Gasteiger charge is 1.95. The van der Waals surface area contributed by atoms with Gasteiger partial charge in [0.2, 0.25) is 0 Å². The van der Waals surface area contributed by atoms with Crippen molar-refractivity contribution in [3.63, 3.8) is 0 Å². The van der Waals surface area contributed by atoms with Gasteiger partial charge in [-0.3, -0.25) is 0 Å². The lowest BCUT2D eigenvalue weighted by Gasteiger charge is -2.15. The van der Waals surface area contributed by atoms with Gasteiger partial charge >= 0.3 is 0 Å². The van der Waals surface area contributed by atoms with Crippen LogP contribution in [0.3, 0.4) is 0 Å². The zero-order chi connectivity index (χ0) is 12.4. The molecule has 0 bridgehead atoms. The Hall–Kier alpha value is -1.32. The van der Waals surface area contributed by atoms with Crippen LogP contribution in [0.5, 0.6) is 0 Å². The second kappa shape index (κ2) is 8.95. The van der Waals surface area contributed by atoms with Crippen molar-refractivity contribution in [3.05, 3.63) is 24.8 Å². The van der Waals surface area contributed by atoms with E-state index in [1.807, 2.05) is 6.92 Å². The third-order valence-electron chi connectivity index (χ3n) is 2.05. The van der Waals surface area contributed by atoms with E-state index in [0.29, 0.717) is 12.6 Å². The fourth-order valence-electron chi connectivity index (χ4n) is 1.11. The molecule has 0 rings (SSSR count). The van der Waals surface area contributed by atoms with Gasteiger partial charge in [-0.1, -0.05) is 27.0 Å². The summed E-state index contributed by atoms with van der Waals surface area (Å²) in [5.41, 5.74) is 0. The maximum atomic E-state index is 3.88. The summed E-state index contributed by atoms with van der Waals surface area (Å²) in [5, 5.41) is 12.5. The average Bonchev–Trinajstić information content (AvgIpc) is 2.17. The molecular formula is C12H26N4. The fraction of sp³-hybridized carbons (Fsp3) is 0.667. The zero-order valence-electron chi connectivity index (χ0n) is 10.8. The molecule has 0 aliphatic heterocycles. The van der Waals surface area contributed by atoms with Crippen molar-refractivity contribution in [1.29, 1.82) is 0 Å². The second-order valence-electron chi connectivity index (χ2n) is 4.13. The molecule has 16 heavy (non-hydrogen) atoms. The van der Waals surface area contributed by atoms with Gasteiger partial charge in [0.05, 0.1) is 18.3 Å². The smallest absolute Gasteiger partial charge is 0.0926 e. The van der Waals surface area contributed by atoms with Gasteiger partial charge in [-0.2, -0.15) is 0 Å². The minimum absolute atomic E-state index is 0.624. The van der Waals surface area contributed by atoms with E-state index in [4.69, 9.17) is 0 Å². The van der Waals surface area contributed by atoms with Crippen LogP contribution in [-0.2, 0) is 0 Å². The highest BCUT2D eigenvalue weighted by atomic mass is 15.2. The highest BCUT2D eigenvalue weighted by Crippen LogP contribution is 1.96. The van der Waals surface area contributed by atoms with Crippen molar-refractivity contribution in [2.45, 2.75) is 27.2 Å². The van der Waals surface area contributed by atoms with E-state index >= 15 is 0 Å². The molecule has 4 nitrogen and oxygen atoms in total. The molecule has 0 aromatic heterocycles. The largest absolute Gasteiger partial charge is 0.373 e. The summed E-state index contributed by atoms with van der Waals surface area (Å²) >= 11 is 0. The molecule has 4 N–H and O–H groups in total. The van der Waals surface area contributed by atoms with Crippen LogP contribution in [0.4, 0.5) is 0 Å². The lowest BCUT2D eigenvalue weighted by atomic mass is 10.1.